The van der Waals surface area contributed by atoms with Gasteiger partial charge in [-0.1, -0.05) is 41.9 Å². The number of aliphatic hydroxyl groups excluding tert-OH is 1. The number of rotatable bonds is 11. The van der Waals surface area contributed by atoms with Gasteiger partial charge < -0.3 is 20.9 Å². The quantitative estimate of drug-likeness (QED) is 0.303. The molecule has 0 radical (unpaired) electrons. The zero-order chi connectivity index (χ0) is 28.0. The summed E-state index contributed by atoms with van der Waals surface area (Å²) in [5.74, 6) is -4.50. The number of alkyl halides is 2. The van der Waals surface area contributed by atoms with Crippen LogP contribution in [-0.4, -0.2) is 50.1 Å². The first-order valence-electron chi connectivity index (χ1n) is 11.0. The molecule has 3 aromatic rings. The number of hydrogen-bond donors (Lipinski definition) is 3. The lowest BCUT2D eigenvalue weighted by Crippen LogP contribution is -2.40. The average Bonchev–Trinajstić information content (AvgIpc) is 3.16. The number of halogens is 4. The number of hydrogen-bond acceptors (Lipinski definition) is 6. The van der Waals surface area contributed by atoms with Gasteiger partial charge in [-0.15, -0.1) is 5.10 Å². The summed E-state index contributed by atoms with van der Waals surface area (Å²) in [6, 6.07) is 11.5. The Balaban J connectivity index is 1.92. The van der Waals surface area contributed by atoms with Crippen molar-refractivity contribution < 1.29 is 28.2 Å². The number of benzene rings is 2. The molecule has 1 heterocycles. The van der Waals surface area contributed by atoms with E-state index in [-0.39, 0.29) is 18.5 Å². The van der Waals surface area contributed by atoms with Gasteiger partial charge in [-0.3, -0.25) is 9.36 Å². The maximum atomic E-state index is 14.0. The largest absolute Gasteiger partial charge is 0.447 e. The molecule has 4 N–H and O–H groups in total. The molecule has 10 nitrogen and oxygen atoms in total. The first-order chi connectivity index (χ1) is 17.9. The van der Waals surface area contributed by atoms with Crippen LogP contribution >= 0.6 is 23.2 Å². The van der Waals surface area contributed by atoms with Crippen LogP contribution in [0.15, 0.2) is 66.0 Å². The van der Waals surface area contributed by atoms with Crippen LogP contribution in [0.2, 0.25) is 10.0 Å². The molecule has 0 fully saturated rings. The number of carbonyl (C=O) groups excluding carboxylic acids is 2. The fourth-order valence-corrected chi connectivity index (χ4v) is 3.76. The molecule has 1 aromatic heterocycles. The van der Waals surface area contributed by atoms with Crippen LogP contribution in [0.25, 0.3) is 11.4 Å². The van der Waals surface area contributed by atoms with Gasteiger partial charge in [0.05, 0.1) is 12.6 Å². The number of nitrogens with two attached hydrogens (primary N) is 1. The first kappa shape index (κ1) is 28.8. The second-order valence-electron chi connectivity index (χ2n) is 8.08. The average molecular weight is 570 g/mol. The molecule has 2 atom stereocenters. The standard InChI is InChI=1S/C24H23Cl2F2N5O5/c1-2-24(27,28)19(34)11-32-21(14-6-8-16(25)9-7-14)31-33(23(32)37)12-20(35)30-18(13-38-22(29)36)15-4-3-5-17(26)10-15/h2-10,18-19,34H,1,11-13H2,(H2,29,36)(H,30,35). The van der Waals surface area contributed by atoms with Gasteiger partial charge in [0.1, 0.15) is 19.3 Å². The zero-order valence-electron chi connectivity index (χ0n) is 19.7. The highest BCUT2D eigenvalue weighted by molar-refractivity contribution is 6.30. The summed E-state index contributed by atoms with van der Waals surface area (Å²) in [7, 11) is 0. The molecule has 0 aliphatic rings. The van der Waals surface area contributed by atoms with E-state index in [9.17, 15) is 28.3 Å². The number of aliphatic hydroxyl groups is 1. The van der Waals surface area contributed by atoms with Gasteiger partial charge in [-0.25, -0.2) is 14.3 Å². The van der Waals surface area contributed by atoms with Crippen molar-refractivity contribution >= 4 is 35.2 Å². The van der Waals surface area contributed by atoms with E-state index in [1.54, 1.807) is 18.2 Å². The van der Waals surface area contributed by atoms with Crippen LogP contribution in [0.3, 0.4) is 0 Å². The molecular weight excluding hydrogens is 547 g/mol. The Morgan fingerprint density at radius 2 is 1.89 bits per heavy atom. The second kappa shape index (κ2) is 12.2. The summed E-state index contributed by atoms with van der Waals surface area (Å²) in [5, 5.41) is 17.5. The molecule has 14 heteroatoms. The van der Waals surface area contributed by atoms with Gasteiger partial charge >= 0.3 is 11.8 Å². The number of carbonyl (C=O) groups is 2. The van der Waals surface area contributed by atoms with Gasteiger partial charge in [0, 0.05) is 15.6 Å². The van der Waals surface area contributed by atoms with Crippen LogP contribution in [-0.2, 0) is 22.6 Å². The van der Waals surface area contributed by atoms with Crippen molar-refractivity contribution in [1.29, 1.82) is 0 Å². The van der Waals surface area contributed by atoms with Gasteiger partial charge in [0.25, 0.3) is 5.92 Å². The van der Waals surface area contributed by atoms with Crippen molar-refractivity contribution in [3.63, 3.8) is 0 Å². The van der Waals surface area contributed by atoms with Crippen LogP contribution in [0.4, 0.5) is 13.6 Å². The van der Waals surface area contributed by atoms with E-state index in [1.165, 1.54) is 30.3 Å². The summed E-state index contributed by atoms with van der Waals surface area (Å²) in [6.07, 6.45) is -3.09. The highest BCUT2D eigenvalue weighted by atomic mass is 35.5. The minimum absolute atomic E-state index is 0.0816. The van der Waals surface area contributed by atoms with Crippen molar-refractivity contribution in [2.45, 2.75) is 31.2 Å². The Morgan fingerprint density at radius 1 is 1.21 bits per heavy atom. The normalized spacial score (nSPS) is 13.0. The molecule has 0 bridgehead atoms. The van der Waals surface area contributed by atoms with Crippen LogP contribution in [0.5, 0.6) is 0 Å². The highest BCUT2D eigenvalue weighted by Crippen LogP contribution is 2.24. The highest BCUT2D eigenvalue weighted by Gasteiger charge is 2.36. The molecule has 0 spiro atoms. The third kappa shape index (κ3) is 7.18. The molecule has 2 unspecified atom stereocenters. The Morgan fingerprint density at radius 3 is 2.50 bits per heavy atom. The van der Waals surface area contributed by atoms with Crippen molar-refractivity contribution in [3.8, 4) is 11.4 Å². The van der Waals surface area contributed by atoms with Gasteiger partial charge in [-0.05, 0) is 48.0 Å². The second-order valence-corrected chi connectivity index (χ2v) is 8.95. The molecule has 0 aliphatic heterocycles. The lowest BCUT2D eigenvalue weighted by molar-refractivity contribution is -0.123. The van der Waals surface area contributed by atoms with E-state index in [2.05, 4.69) is 17.0 Å². The molecule has 3 rings (SSSR count). The van der Waals surface area contributed by atoms with E-state index in [1.807, 2.05) is 0 Å². The third-order valence-electron chi connectivity index (χ3n) is 5.37. The first-order valence-corrected chi connectivity index (χ1v) is 11.8. The fraction of sp³-hybridized carbons (Fsp3) is 0.250. The number of amides is 2. The smallest absolute Gasteiger partial charge is 0.404 e. The number of nitrogens with one attached hydrogen (secondary N) is 1. The maximum Gasteiger partial charge on any atom is 0.404 e. The van der Waals surface area contributed by atoms with E-state index < -0.39 is 48.8 Å². The Hall–Kier alpha value is -3.74. The predicted molar refractivity (Wildman–Crippen MR) is 136 cm³/mol. The van der Waals surface area contributed by atoms with E-state index >= 15 is 0 Å². The van der Waals surface area contributed by atoms with E-state index in [0.29, 0.717) is 21.2 Å². The number of aromatic nitrogens is 3. The van der Waals surface area contributed by atoms with Crippen molar-refractivity contribution in [2.24, 2.45) is 5.73 Å². The number of primary amides is 1. The zero-order valence-corrected chi connectivity index (χ0v) is 21.2. The predicted octanol–water partition coefficient (Wildman–Crippen LogP) is 3.15. The Kier molecular flexibility index (Phi) is 9.26. The molecule has 0 saturated heterocycles. The molecule has 2 aromatic carbocycles. The molecule has 0 saturated carbocycles. The van der Waals surface area contributed by atoms with Gasteiger partial charge in [-0.2, -0.15) is 8.78 Å². The Labute approximate surface area is 225 Å². The van der Waals surface area contributed by atoms with Crippen LogP contribution in [0, 0.1) is 0 Å². The fourth-order valence-electron chi connectivity index (χ4n) is 3.44. The summed E-state index contributed by atoms with van der Waals surface area (Å²) < 4.78 is 34.4. The lowest BCUT2D eigenvalue weighted by Gasteiger charge is -2.19. The molecule has 38 heavy (non-hydrogen) atoms. The SMILES string of the molecule is C=CC(F)(F)C(O)Cn1c(-c2ccc(Cl)cc2)nn(CC(=O)NC(COC(N)=O)c2cccc(Cl)c2)c1=O. The van der Waals surface area contributed by atoms with Crippen molar-refractivity contribution in [1.82, 2.24) is 19.7 Å². The summed E-state index contributed by atoms with van der Waals surface area (Å²) in [5.41, 5.74) is 4.92. The number of ether oxygens (including phenoxy) is 1. The van der Waals surface area contributed by atoms with E-state index in [4.69, 9.17) is 33.7 Å². The van der Waals surface area contributed by atoms with E-state index in [0.717, 1.165) is 9.25 Å². The maximum absolute atomic E-state index is 14.0. The minimum Gasteiger partial charge on any atom is -0.447 e. The molecule has 0 aliphatic carbocycles. The van der Waals surface area contributed by atoms with Gasteiger partial charge in [0.2, 0.25) is 5.91 Å². The van der Waals surface area contributed by atoms with Crippen LogP contribution in [0.1, 0.15) is 11.6 Å². The third-order valence-corrected chi connectivity index (χ3v) is 5.86. The van der Waals surface area contributed by atoms with Gasteiger partial charge in [0.15, 0.2) is 5.82 Å². The molecular formula is C24H23Cl2F2N5O5. The summed E-state index contributed by atoms with van der Waals surface area (Å²) in [4.78, 5) is 37.1. The molecule has 202 valence electrons. The monoisotopic (exact) mass is 569 g/mol. The molecule has 2 amide bonds. The van der Waals surface area contributed by atoms with Crippen LogP contribution < -0.4 is 16.7 Å². The summed E-state index contributed by atoms with van der Waals surface area (Å²) in [6.45, 7) is 1.20. The topological polar surface area (TPSA) is 141 Å². The number of nitrogens with zero attached hydrogens (tertiary/aromatic N) is 3. The Bertz CT molecular complexity index is 1380. The van der Waals surface area contributed by atoms with Crippen molar-refractivity contribution in [3.05, 3.63) is 87.3 Å². The summed E-state index contributed by atoms with van der Waals surface area (Å²) >= 11 is 11.9. The minimum atomic E-state index is -3.69. The lowest BCUT2D eigenvalue weighted by atomic mass is 10.1. The van der Waals surface area contributed by atoms with Crippen molar-refractivity contribution in [2.75, 3.05) is 6.61 Å².